The molecule has 0 fully saturated rings. The number of hydrogen-bond acceptors (Lipinski definition) is 3. The molecule has 0 aliphatic heterocycles. The predicted molar refractivity (Wildman–Crippen MR) is 70.3 cm³/mol. The van der Waals surface area contributed by atoms with Crippen LogP contribution in [0.3, 0.4) is 0 Å². The molecule has 0 unspecified atom stereocenters. The summed E-state index contributed by atoms with van der Waals surface area (Å²) in [5.41, 5.74) is 1.95. The molecule has 0 aliphatic rings. The minimum atomic E-state index is -1.08. The smallest absolute Gasteiger partial charge is 0.337 e. The normalized spacial score (nSPS) is 9.95. The zero-order valence-corrected chi connectivity index (χ0v) is 10.3. The second kappa shape index (κ2) is 5.30. The van der Waals surface area contributed by atoms with Gasteiger partial charge in [-0.2, -0.15) is 0 Å². The van der Waals surface area contributed by atoms with E-state index < -0.39 is 5.97 Å². The van der Waals surface area contributed by atoms with Gasteiger partial charge in [0.25, 0.3) is 5.91 Å². The van der Waals surface area contributed by atoms with Crippen molar-refractivity contribution in [2.45, 2.75) is 6.92 Å². The van der Waals surface area contributed by atoms with Crippen molar-refractivity contribution >= 4 is 17.6 Å². The van der Waals surface area contributed by atoms with Crippen molar-refractivity contribution in [3.05, 3.63) is 59.4 Å². The Kier molecular flexibility index (Phi) is 3.56. The Labute approximate surface area is 109 Å². The molecule has 1 aromatic carbocycles. The summed E-state index contributed by atoms with van der Waals surface area (Å²) in [5, 5.41) is 11.4. The molecule has 0 atom stereocenters. The monoisotopic (exact) mass is 256 g/mol. The van der Waals surface area contributed by atoms with Crippen LogP contribution in [0, 0.1) is 6.92 Å². The Morgan fingerprint density at radius 2 is 1.79 bits per heavy atom. The van der Waals surface area contributed by atoms with Crippen molar-refractivity contribution in [3.63, 3.8) is 0 Å². The molecule has 1 amide bonds. The van der Waals surface area contributed by atoms with Gasteiger partial charge < -0.3 is 10.4 Å². The highest BCUT2D eigenvalue weighted by molar-refractivity contribution is 6.04. The molecule has 0 radical (unpaired) electrons. The second-order valence-corrected chi connectivity index (χ2v) is 4.09. The lowest BCUT2D eigenvalue weighted by Gasteiger charge is -2.05. The third-order valence-electron chi connectivity index (χ3n) is 2.56. The summed E-state index contributed by atoms with van der Waals surface area (Å²) in [7, 11) is 0. The van der Waals surface area contributed by atoms with Crippen LogP contribution >= 0.6 is 0 Å². The van der Waals surface area contributed by atoms with E-state index in [9.17, 15) is 9.59 Å². The predicted octanol–water partition coefficient (Wildman–Crippen LogP) is 2.34. The van der Waals surface area contributed by atoms with E-state index in [0.29, 0.717) is 11.3 Å². The first-order chi connectivity index (χ1) is 9.06. The van der Waals surface area contributed by atoms with Crippen molar-refractivity contribution in [2.24, 2.45) is 0 Å². The summed E-state index contributed by atoms with van der Waals surface area (Å²) in [5.74, 6) is -1.39. The largest absolute Gasteiger partial charge is 0.478 e. The van der Waals surface area contributed by atoms with Gasteiger partial charge in [-0.3, -0.25) is 9.78 Å². The zero-order chi connectivity index (χ0) is 13.8. The van der Waals surface area contributed by atoms with Crippen LogP contribution in [-0.2, 0) is 0 Å². The number of carboxylic acids is 1. The molecule has 96 valence electrons. The Morgan fingerprint density at radius 1 is 1.11 bits per heavy atom. The summed E-state index contributed by atoms with van der Waals surface area (Å²) in [6.45, 7) is 1.93. The minimum Gasteiger partial charge on any atom is -0.478 e. The van der Waals surface area contributed by atoms with Crippen molar-refractivity contribution < 1.29 is 14.7 Å². The number of amides is 1. The number of benzene rings is 1. The van der Waals surface area contributed by atoms with Crippen LogP contribution in [-0.4, -0.2) is 22.0 Å². The maximum atomic E-state index is 11.9. The van der Waals surface area contributed by atoms with Gasteiger partial charge in [-0.05, 0) is 25.1 Å². The highest BCUT2D eigenvalue weighted by atomic mass is 16.4. The molecule has 0 aliphatic carbocycles. The Hall–Kier alpha value is -2.69. The lowest BCUT2D eigenvalue weighted by atomic mass is 10.1. The Bertz CT molecular complexity index is 621. The summed E-state index contributed by atoms with van der Waals surface area (Å²) in [4.78, 5) is 26.5. The highest BCUT2D eigenvalue weighted by Crippen LogP contribution is 2.11. The van der Waals surface area contributed by atoms with E-state index in [1.165, 1.54) is 18.5 Å². The van der Waals surface area contributed by atoms with Gasteiger partial charge in [0.15, 0.2) is 0 Å². The van der Waals surface area contributed by atoms with E-state index in [4.69, 9.17) is 5.11 Å². The lowest BCUT2D eigenvalue weighted by Crippen LogP contribution is -2.12. The van der Waals surface area contributed by atoms with Crippen molar-refractivity contribution in [2.75, 3.05) is 5.32 Å². The Balaban J connectivity index is 2.17. The van der Waals surface area contributed by atoms with Crippen LogP contribution in [0.1, 0.15) is 26.3 Å². The van der Waals surface area contributed by atoms with Gasteiger partial charge in [-0.1, -0.05) is 17.7 Å². The van der Waals surface area contributed by atoms with E-state index in [1.54, 1.807) is 12.1 Å². The molecule has 2 rings (SSSR count). The molecule has 1 aromatic heterocycles. The quantitative estimate of drug-likeness (QED) is 0.883. The molecule has 0 bridgehead atoms. The average Bonchev–Trinajstić information content (AvgIpc) is 2.39. The first-order valence-corrected chi connectivity index (χ1v) is 5.62. The van der Waals surface area contributed by atoms with E-state index in [0.717, 1.165) is 5.56 Å². The highest BCUT2D eigenvalue weighted by Gasteiger charge is 2.08. The molecular weight excluding hydrogens is 244 g/mol. The fraction of sp³-hybridized carbons (Fsp3) is 0.0714. The van der Waals surface area contributed by atoms with E-state index >= 15 is 0 Å². The number of aromatic carboxylic acids is 1. The number of aromatic nitrogens is 1. The molecule has 0 spiro atoms. The number of anilines is 1. The van der Waals surface area contributed by atoms with Crippen LogP contribution in [0.2, 0.25) is 0 Å². The maximum absolute atomic E-state index is 11.9. The molecule has 2 aromatic rings. The van der Waals surface area contributed by atoms with Crippen molar-refractivity contribution in [1.29, 1.82) is 0 Å². The topological polar surface area (TPSA) is 79.3 Å². The zero-order valence-electron chi connectivity index (χ0n) is 10.3. The van der Waals surface area contributed by atoms with Gasteiger partial charge in [0.2, 0.25) is 0 Å². The van der Waals surface area contributed by atoms with Crippen LogP contribution < -0.4 is 5.32 Å². The fourth-order valence-corrected chi connectivity index (χ4v) is 1.53. The summed E-state index contributed by atoms with van der Waals surface area (Å²) >= 11 is 0. The fourth-order valence-electron chi connectivity index (χ4n) is 1.53. The van der Waals surface area contributed by atoms with Gasteiger partial charge in [0, 0.05) is 11.8 Å². The number of carbonyl (C=O) groups is 2. The van der Waals surface area contributed by atoms with Gasteiger partial charge in [0.1, 0.15) is 0 Å². The third kappa shape index (κ3) is 3.16. The van der Waals surface area contributed by atoms with Crippen LogP contribution in [0.15, 0.2) is 42.7 Å². The second-order valence-electron chi connectivity index (χ2n) is 4.09. The third-order valence-corrected chi connectivity index (χ3v) is 2.56. The maximum Gasteiger partial charge on any atom is 0.337 e. The van der Waals surface area contributed by atoms with Gasteiger partial charge in [-0.25, -0.2) is 4.79 Å². The van der Waals surface area contributed by atoms with E-state index in [-0.39, 0.29) is 11.5 Å². The minimum absolute atomic E-state index is 0.0294. The van der Waals surface area contributed by atoms with Crippen LogP contribution in [0.5, 0.6) is 0 Å². The van der Waals surface area contributed by atoms with Crippen molar-refractivity contribution in [1.82, 2.24) is 4.98 Å². The number of carboxylic acid groups (broad SMARTS) is 1. The standard InChI is InChI=1S/C14H12N2O3/c1-9-2-4-10(5-3-9)13(17)16-12-6-11(14(18)19)7-15-8-12/h2-8H,1H3,(H,16,17)(H,18,19). The first kappa shape index (κ1) is 12.8. The molecule has 19 heavy (non-hydrogen) atoms. The van der Waals surface area contributed by atoms with Gasteiger partial charge in [0.05, 0.1) is 17.4 Å². The number of nitrogens with one attached hydrogen (secondary N) is 1. The molecule has 2 N–H and O–H groups in total. The van der Waals surface area contributed by atoms with Gasteiger partial charge in [-0.15, -0.1) is 0 Å². The molecular formula is C14H12N2O3. The number of nitrogens with zero attached hydrogens (tertiary/aromatic N) is 1. The SMILES string of the molecule is Cc1ccc(C(=O)Nc2cncc(C(=O)O)c2)cc1. The molecule has 0 saturated carbocycles. The lowest BCUT2D eigenvalue weighted by molar-refractivity contribution is 0.0696. The number of rotatable bonds is 3. The number of pyridine rings is 1. The van der Waals surface area contributed by atoms with E-state index in [2.05, 4.69) is 10.3 Å². The molecule has 5 heteroatoms. The average molecular weight is 256 g/mol. The van der Waals surface area contributed by atoms with Crippen LogP contribution in [0.4, 0.5) is 5.69 Å². The van der Waals surface area contributed by atoms with Gasteiger partial charge >= 0.3 is 5.97 Å². The summed E-state index contributed by atoms with van der Waals surface area (Å²) in [6, 6.07) is 8.45. The molecule has 1 heterocycles. The summed E-state index contributed by atoms with van der Waals surface area (Å²) < 4.78 is 0. The Morgan fingerprint density at radius 3 is 2.42 bits per heavy atom. The summed E-state index contributed by atoms with van der Waals surface area (Å²) in [6.07, 6.45) is 2.63. The molecule has 0 saturated heterocycles. The number of carbonyl (C=O) groups excluding carboxylic acids is 1. The van der Waals surface area contributed by atoms with E-state index in [1.807, 2.05) is 19.1 Å². The number of aryl methyl sites for hydroxylation is 1. The number of hydrogen-bond donors (Lipinski definition) is 2. The molecule has 5 nitrogen and oxygen atoms in total. The first-order valence-electron chi connectivity index (χ1n) is 5.62. The van der Waals surface area contributed by atoms with Crippen molar-refractivity contribution in [3.8, 4) is 0 Å². The van der Waals surface area contributed by atoms with Crippen LogP contribution in [0.25, 0.3) is 0 Å².